The van der Waals surface area contributed by atoms with Gasteiger partial charge in [0, 0.05) is 42.3 Å². The fourth-order valence-electron chi connectivity index (χ4n) is 2.16. The highest BCUT2D eigenvalue weighted by Gasteiger charge is 2.10. The third-order valence-corrected chi connectivity index (χ3v) is 3.26. The molecule has 112 valence electrons. The van der Waals surface area contributed by atoms with Gasteiger partial charge in [-0.2, -0.15) is 4.98 Å². The number of aromatic nitrogens is 4. The molecule has 0 aromatic carbocycles. The van der Waals surface area contributed by atoms with Crippen molar-refractivity contribution in [2.24, 2.45) is 0 Å². The second kappa shape index (κ2) is 6.83. The number of nitrogens with zero attached hydrogens (tertiary/aromatic N) is 2. The van der Waals surface area contributed by atoms with E-state index in [-0.39, 0.29) is 18.0 Å². The second-order valence-corrected chi connectivity index (χ2v) is 4.90. The van der Waals surface area contributed by atoms with Crippen molar-refractivity contribution in [1.29, 1.82) is 0 Å². The van der Waals surface area contributed by atoms with Crippen LogP contribution in [0.25, 0.3) is 0 Å². The Morgan fingerprint density at radius 3 is 2.86 bits per heavy atom. The molecule has 7 nitrogen and oxygen atoms in total. The predicted octanol–water partition coefficient (Wildman–Crippen LogP) is 0.401. The predicted molar refractivity (Wildman–Crippen MR) is 78.0 cm³/mol. The van der Waals surface area contributed by atoms with E-state index in [1.165, 1.54) is 0 Å². The van der Waals surface area contributed by atoms with Gasteiger partial charge in [-0.05, 0) is 20.3 Å². The maximum Gasteiger partial charge on any atom is 0.345 e. The number of nitrogens with one attached hydrogen (secondary N) is 3. The molecule has 7 heteroatoms. The Morgan fingerprint density at radius 2 is 2.19 bits per heavy atom. The minimum Gasteiger partial charge on any atom is -0.356 e. The number of H-pyrrole nitrogens is 2. The minimum absolute atomic E-state index is 0.0745. The molecule has 0 spiro atoms. The molecule has 0 radical (unpaired) electrons. The third kappa shape index (κ3) is 4.27. The molecule has 2 rings (SSSR count). The number of carbonyl (C=O) groups excluding carboxylic acids is 1. The van der Waals surface area contributed by atoms with E-state index in [4.69, 9.17) is 0 Å². The summed E-state index contributed by atoms with van der Waals surface area (Å²) in [5, 5.41) is 2.86. The Labute approximate surface area is 122 Å². The molecule has 0 bridgehead atoms. The number of rotatable bonds is 6. The smallest absolute Gasteiger partial charge is 0.345 e. The molecule has 0 saturated heterocycles. The second-order valence-electron chi connectivity index (χ2n) is 4.90. The quantitative estimate of drug-likeness (QED) is 0.670. The van der Waals surface area contributed by atoms with Gasteiger partial charge in [-0.25, -0.2) is 9.78 Å². The fourth-order valence-corrected chi connectivity index (χ4v) is 2.16. The van der Waals surface area contributed by atoms with Crippen LogP contribution in [0.1, 0.15) is 29.2 Å². The van der Waals surface area contributed by atoms with E-state index in [0.717, 1.165) is 24.2 Å². The van der Waals surface area contributed by atoms with Gasteiger partial charge in [0.05, 0.1) is 6.42 Å². The van der Waals surface area contributed by atoms with Crippen LogP contribution in [0.15, 0.2) is 17.2 Å². The first-order valence-corrected chi connectivity index (χ1v) is 6.87. The van der Waals surface area contributed by atoms with E-state index >= 15 is 0 Å². The van der Waals surface area contributed by atoms with Gasteiger partial charge in [-0.15, -0.1) is 0 Å². The summed E-state index contributed by atoms with van der Waals surface area (Å²) in [6.45, 7) is 4.10. The van der Waals surface area contributed by atoms with Crippen LogP contribution in [0.5, 0.6) is 0 Å². The van der Waals surface area contributed by atoms with Gasteiger partial charge in [0.1, 0.15) is 5.82 Å². The van der Waals surface area contributed by atoms with E-state index in [2.05, 4.69) is 25.3 Å². The number of imidazole rings is 1. The molecule has 0 atom stereocenters. The van der Waals surface area contributed by atoms with E-state index < -0.39 is 0 Å². The van der Waals surface area contributed by atoms with Crippen LogP contribution in [-0.4, -0.2) is 32.4 Å². The number of hydrogen-bond donors (Lipinski definition) is 3. The summed E-state index contributed by atoms with van der Waals surface area (Å²) < 4.78 is 0. The van der Waals surface area contributed by atoms with Gasteiger partial charge >= 0.3 is 5.69 Å². The van der Waals surface area contributed by atoms with Crippen molar-refractivity contribution >= 4 is 5.91 Å². The molecule has 2 heterocycles. The molecular weight excluding hydrogens is 270 g/mol. The van der Waals surface area contributed by atoms with Crippen molar-refractivity contribution in [3.05, 3.63) is 45.7 Å². The zero-order valence-electron chi connectivity index (χ0n) is 12.2. The highest BCUT2D eigenvalue weighted by molar-refractivity contribution is 5.78. The lowest BCUT2D eigenvalue weighted by molar-refractivity contribution is -0.120. The highest BCUT2D eigenvalue weighted by Crippen LogP contribution is 2.07. The minimum atomic E-state index is -0.382. The van der Waals surface area contributed by atoms with Crippen molar-refractivity contribution in [1.82, 2.24) is 25.3 Å². The molecule has 0 aliphatic rings. The summed E-state index contributed by atoms with van der Waals surface area (Å²) in [6.07, 6.45) is 5.33. The van der Waals surface area contributed by atoms with Crippen molar-refractivity contribution < 1.29 is 4.79 Å². The first-order valence-electron chi connectivity index (χ1n) is 6.87. The van der Waals surface area contributed by atoms with Crippen LogP contribution in [0.2, 0.25) is 0 Å². The van der Waals surface area contributed by atoms with Crippen LogP contribution in [0.3, 0.4) is 0 Å². The lowest BCUT2D eigenvalue weighted by Crippen LogP contribution is -2.28. The number of hydrogen-bond acceptors (Lipinski definition) is 4. The Bertz CT molecular complexity index is 634. The first-order chi connectivity index (χ1) is 10.1. The Hall–Kier alpha value is -2.44. The van der Waals surface area contributed by atoms with Crippen LogP contribution >= 0.6 is 0 Å². The molecule has 21 heavy (non-hydrogen) atoms. The highest BCUT2D eigenvalue weighted by atomic mass is 16.1. The summed E-state index contributed by atoms with van der Waals surface area (Å²) in [4.78, 5) is 36.7. The van der Waals surface area contributed by atoms with Gasteiger partial charge in [-0.3, -0.25) is 4.79 Å². The summed E-state index contributed by atoms with van der Waals surface area (Å²) in [5.41, 5.74) is 1.69. The maximum atomic E-state index is 11.9. The number of carbonyl (C=O) groups is 1. The lowest BCUT2D eigenvalue weighted by Gasteiger charge is -2.09. The summed E-state index contributed by atoms with van der Waals surface area (Å²) >= 11 is 0. The monoisotopic (exact) mass is 289 g/mol. The zero-order chi connectivity index (χ0) is 15.2. The molecular formula is C14H19N5O2. The van der Waals surface area contributed by atoms with Crippen LogP contribution in [0.4, 0.5) is 0 Å². The van der Waals surface area contributed by atoms with Crippen molar-refractivity contribution in [3.8, 4) is 0 Å². The number of aromatic amines is 2. The third-order valence-electron chi connectivity index (χ3n) is 3.26. The van der Waals surface area contributed by atoms with Gasteiger partial charge in [0.15, 0.2) is 0 Å². The number of amides is 1. The zero-order valence-corrected chi connectivity index (χ0v) is 12.2. The molecule has 0 saturated carbocycles. The molecule has 0 unspecified atom stereocenters. The largest absolute Gasteiger partial charge is 0.356 e. The van der Waals surface area contributed by atoms with Gasteiger partial charge in [-0.1, -0.05) is 0 Å². The molecule has 0 aliphatic carbocycles. The van der Waals surface area contributed by atoms with Crippen molar-refractivity contribution in [2.75, 3.05) is 6.54 Å². The number of aryl methyl sites for hydroxylation is 3. The maximum absolute atomic E-state index is 11.9. The van der Waals surface area contributed by atoms with Crippen molar-refractivity contribution in [2.45, 2.75) is 33.1 Å². The molecule has 1 amide bonds. The topological polar surface area (TPSA) is 104 Å². The van der Waals surface area contributed by atoms with Crippen LogP contribution < -0.4 is 11.0 Å². The fraction of sp³-hybridized carbons (Fsp3) is 0.429. The van der Waals surface area contributed by atoms with Crippen LogP contribution in [-0.2, 0) is 17.6 Å². The average Bonchev–Trinajstić information content (AvgIpc) is 2.92. The summed E-state index contributed by atoms with van der Waals surface area (Å²) in [5.74, 6) is 0.843. The van der Waals surface area contributed by atoms with Gasteiger partial charge in [0.25, 0.3) is 0 Å². The molecule has 0 fully saturated rings. The molecule has 0 aliphatic heterocycles. The summed E-state index contributed by atoms with van der Waals surface area (Å²) in [7, 11) is 0. The standard InChI is InChI=1S/C14H19N5O2/c1-9-11(10(2)19-14(21)18-9)8-13(20)17-5-3-4-12-15-6-7-16-12/h6-7H,3-5,8H2,1-2H3,(H,15,16)(H,17,20)(H,18,19,21). The lowest BCUT2D eigenvalue weighted by atomic mass is 10.1. The van der Waals surface area contributed by atoms with E-state index in [9.17, 15) is 9.59 Å². The molecule has 2 aromatic rings. The molecule has 3 N–H and O–H groups in total. The first kappa shape index (κ1) is 15.0. The van der Waals surface area contributed by atoms with Gasteiger partial charge < -0.3 is 15.3 Å². The van der Waals surface area contributed by atoms with Crippen molar-refractivity contribution in [3.63, 3.8) is 0 Å². The van der Waals surface area contributed by atoms with E-state index in [1.54, 1.807) is 26.2 Å². The Kier molecular flexibility index (Phi) is 4.86. The Balaban J connectivity index is 1.81. The van der Waals surface area contributed by atoms with E-state index in [1.807, 2.05) is 0 Å². The van der Waals surface area contributed by atoms with Gasteiger partial charge in [0.2, 0.25) is 5.91 Å². The Morgan fingerprint density at radius 1 is 1.38 bits per heavy atom. The van der Waals surface area contributed by atoms with Crippen LogP contribution in [0, 0.1) is 13.8 Å². The average molecular weight is 289 g/mol. The summed E-state index contributed by atoms with van der Waals surface area (Å²) in [6, 6.07) is 0. The normalized spacial score (nSPS) is 10.6. The SMILES string of the molecule is Cc1nc(=O)[nH]c(C)c1CC(=O)NCCCc1ncc[nH]1. The molecule has 2 aromatic heterocycles. The van der Waals surface area contributed by atoms with E-state index in [0.29, 0.717) is 17.9 Å².